The van der Waals surface area contributed by atoms with Crippen LogP contribution in [-0.2, 0) is 4.74 Å². The summed E-state index contributed by atoms with van der Waals surface area (Å²) in [6, 6.07) is 5.09. The number of hydrogen-bond acceptors (Lipinski definition) is 3. The first-order valence-corrected chi connectivity index (χ1v) is 4.28. The van der Waals surface area contributed by atoms with Crippen molar-refractivity contribution in [1.82, 2.24) is 4.98 Å². The molecule has 0 aliphatic heterocycles. The number of halogens is 1. The monoisotopic (exact) mass is 199 g/mol. The first-order chi connectivity index (χ1) is 6.15. The highest BCUT2D eigenvalue weighted by Crippen LogP contribution is 2.16. The molecular formula is C9H10ClNO2. The number of carbonyl (C=O) groups is 1. The molecule has 0 spiro atoms. The average molecular weight is 200 g/mol. The molecule has 0 aliphatic rings. The Bertz CT molecular complexity index is 312. The smallest absolute Gasteiger partial charge is 0.356 e. The Balaban J connectivity index is 2.98. The number of methoxy groups -OCH3 is 1. The van der Waals surface area contributed by atoms with Gasteiger partial charge in [-0.15, -0.1) is 11.6 Å². The number of rotatable bonds is 2. The maximum absolute atomic E-state index is 11.1. The number of alkyl halides is 1. The van der Waals surface area contributed by atoms with Crippen molar-refractivity contribution in [2.45, 2.75) is 12.3 Å². The maximum atomic E-state index is 11.1. The molecule has 0 aromatic carbocycles. The first-order valence-electron chi connectivity index (χ1n) is 3.84. The molecule has 0 saturated carbocycles. The molecule has 1 aromatic heterocycles. The Morgan fingerprint density at radius 3 is 2.85 bits per heavy atom. The summed E-state index contributed by atoms with van der Waals surface area (Å²) in [4.78, 5) is 15.1. The summed E-state index contributed by atoms with van der Waals surface area (Å²) in [5, 5.41) is -0.204. The second-order valence-electron chi connectivity index (χ2n) is 2.56. The summed E-state index contributed by atoms with van der Waals surface area (Å²) in [7, 11) is 1.32. The van der Waals surface area contributed by atoms with Gasteiger partial charge < -0.3 is 4.74 Å². The molecule has 1 aromatic rings. The van der Waals surface area contributed by atoms with Gasteiger partial charge in [0.25, 0.3) is 0 Å². The molecule has 0 bridgehead atoms. The van der Waals surface area contributed by atoms with Gasteiger partial charge in [-0.05, 0) is 19.1 Å². The van der Waals surface area contributed by atoms with Gasteiger partial charge in [0, 0.05) is 0 Å². The van der Waals surface area contributed by atoms with Crippen molar-refractivity contribution in [3.8, 4) is 0 Å². The van der Waals surface area contributed by atoms with Crippen molar-refractivity contribution >= 4 is 17.6 Å². The summed E-state index contributed by atoms with van der Waals surface area (Å²) in [5.74, 6) is -0.445. The van der Waals surface area contributed by atoms with E-state index in [9.17, 15) is 4.79 Å². The Hall–Kier alpha value is -1.09. The fourth-order valence-corrected chi connectivity index (χ4v) is 1.01. The van der Waals surface area contributed by atoms with Gasteiger partial charge >= 0.3 is 5.97 Å². The highest BCUT2D eigenvalue weighted by Gasteiger charge is 2.09. The van der Waals surface area contributed by atoms with Crippen LogP contribution in [0.15, 0.2) is 18.2 Å². The van der Waals surface area contributed by atoms with Crippen LogP contribution in [0.25, 0.3) is 0 Å². The second-order valence-corrected chi connectivity index (χ2v) is 3.21. The summed E-state index contributed by atoms with van der Waals surface area (Å²) in [6.45, 7) is 1.80. The van der Waals surface area contributed by atoms with Crippen LogP contribution in [0.4, 0.5) is 0 Å². The third-order valence-electron chi connectivity index (χ3n) is 1.57. The zero-order chi connectivity index (χ0) is 9.84. The average Bonchev–Trinajstić information content (AvgIpc) is 2.17. The number of carbonyl (C=O) groups excluding carboxylic acids is 1. The van der Waals surface area contributed by atoms with Crippen molar-refractivity contribution in [2.24, 2.45) is 0 Å². The van der Waals surface area contributed by atoms with E-state index in [1.165, 1.54) is 7.11 Å². The van der Waals surface area contributed by atoms with Crippen molar-refractivity contribution in [3.63, 3.8) is 0 Å². The van der Waals surface area contributed by atoms with Crippen LogP contribution in [0.3, 0.4) is 0 Å². The van der Waals surface area contributed by atoms with Crippen molar-refractivity contribution < 1.29 is 9.53 Å². The van der Waals surface area contributed by atoms with Gasteiger partial charge in [0.15, 0.2) is 0 Å². The molecule has 13 heavy (non-hydrogen) atoms. The number of aromatic nitrogens is 1. The molecule has 4 heteroatoms. The summed E-state index contributed by atoms with van der Waals surface area (Å²) < 4.78 is 4.53. The third-order valence-corrected chi connectivity index (χ3v) is 1.80. The van der Waals surface area contributed by atoms with Crippen molar-refractivity contribution in [3.05, 3.63) is 29.6 Å². The predicted molar refractivity (Wildman–Crippen MR) is 49.8 cm³/mol. The Labute approximate surface area is 81.7 Å². The molecule has 0 N–H and O–H groups in total. The van der Waals surface area contributed by atoms with E-state index in [0.717, 1.165) is 0 Å². The van der Waals surface area contributed by atoms with Crippen LogP contribution in [0, 0.1) is 0 Å². The highest BCUT2D eigenvalue weighted by molar-refractivity contribution is 6.20. The number of pyridine rings is 1. The molecule has 1 unspecified atom stereocenters. The molecule has 0 aliphatic carbocycles. The molecule has 1 atom stereocenters. The van der Waals surface area contributed by atoms with E-state index >= 15 is 0 Å². The van der Waals surface area contributed by atoms with Crippen molar-refractivity contribution in [2.75, 3.05) is 7.11 Å². The quantitative estimate of drug-likeness (QED) is 0.541. The minimum atomic E-state index is -0.445. The Kier molecular flexibility index (Phi) is 3.25. The van der Waals surface area contributed by atoms with Gasteiger partial charge in [-0.2, -0.15) is 0 Å². The lowest BCUT2D eigenvalue weighted by Crippen LogP contribution is -2.05. The lowest BCUT2D eigenvalue weighted by Gasteiger charge is -2.03. The minimum Gasteiger partial charge on any atom is -0.464 e. The predicted octanol–water partition coefficient (Wildman–Crippen LogP) is 2.17. The summed E-state index contributed by atoms with van der Waals surface area (Å²) in [6.07, 6.45) is 0. The van der Waals surface area contributed by atoms with Crippen molar-refractivity contribution in [1.29, 1.82) is 0 Å². The molecule has 3 nitrogen and oxygen atoms in total. The standard InChI is InChI=1S/C9H10ClNO2/c1-6(10)7-4-3-5-8(11-7)9(12)13-2/h3-6H,1-2H3. The molecule has 0 radical (unpaired) electrons. The number of ether oxygens (including phenoxy) is 1. The van der Waals surface area contributed by atoms with Crippen LogP contribution in [0.1, 0.15) is 28.5 Å². The summed E-state index contributed by atoms with van der Waals surface area (Å²) in [5.41, 5.74) is 0.956. The Morgan fingerprint density at radius 2 is 2.31 bits per heavy atom. The minimum absolute atomic E-state index is 0.204. The van der Waals surface area contributed by atoms with E-state index in [1.807, 2.05) is 0 Å². The molecule has 0 saturated heterocycles. The van der Waals surface area contributed by atoms with Crippen LogP contribution >= 0.6 is 11.6 Å². The van der Waals surface area contributed by atoms with Gasteiger partial charge in [0.05, 0.1) is 18.2 Å². The molecular weight excluding hydrogens is 190 g/mol. The van der Waals surface area contributed by atoms with E-state index in [2.05, 4.69) is 9.72 Å². The van der Waals surface area contributed by atoms with Gasteiger partial charge in [0.2, 0.25) is 0 Å². The number of hydrogen-bond donors (Lipinski definition) is 0. The largest absolute Gasteiger partial charge is 0.464 e. The molecule has 0 fully saturated rings. The van der Waals surface area contributed by atoms with Gasteiger partial charge in [-0.1, -0.05) is 6.07 Å². The lowest BCUT2D eigenvalue weighted by atomic mass is 10.2. The van der Waals surface area contributed by atoms with Crippen LogP contribution in [-0.4, -0.2) is 18.1 Å². The van der Waals surface area contributed by atoms with E-state index in [1.54, 1.807) is 25.1 Å². The molecule has 1 rings (SSSR count). The Morgan fingerprint density at radius 1 is 1.62 bits per heavy atom. The van der Waals surface area contributed by atoms with Gasteiger partial charge in [-0.3, -0.25) is 0 Å². The van der Waals surface area contributed by atoms with Crippen LogP contribution < -0.4 is 0 Å². The fourth-order valence-electron chi connectivity index (χ4n) is 0.891. The van der Waals surface area contributed by atoms with E-state index in [0.29, 0.717) is 5.69 Å². The molecule has 70 valence electrons. The number of nitrogens with zero attached hydrogens (tertiary/aromatic N) is 1. The first kappa shape index (κ1) is 9.99. The second kappa shape index (κ2) is 4.23. The molecule has 1 heterocycles. The normalized spacial score (nSPS) is 12.2. The van der Waals surface area contributed by atoms with Gasteiger partial charge in [0.1, 0.15) is 5.69 Å². The zero-order valence-corrected chi connectivity index (χ0v) is 8.21. The number of esters is 1. The van der Waals surface area contributed by atoms with E-state index in [-0.39, 0.29) is 11.1 Å². The van der Waals surface area contributed by atoms with Gasteiger partial charge in [-0.25, -0.2) is 9.78 Å². The zero-order valence-electron chi connectivity index (χ0n) is 7.45. The third kappa shape index (κ3) is 2.42. The SMILES string of the molecule is COC(=O)c1cccc(C(C)Cl)n1. The lowest BCUT2D eigenvalue weighted by molar-refractivity contribution is 0.0593. The molecule has 0 amide bonds. The van der Waals surface area contributed by atoms with Crippen LogP contribution in [0.5, 0.6) is 0 Å². The highest BCUT2D eigenvalue weighted by atomic mass is 35.5. The van der Waals surface area contributed by atoms with E-state index in [4.69, 9.17) is 11.6 Å². The fraction of sp³-hybridized carbons (Fsp3) is 0.333. The summed E-state index contributed by atoms with van der Waals surface area (Å²) >= 11 is 5.81. The topological polar surface area (TPSA) is 39.2 Å². The maximum Gasteiger partial charge on any atom is 0.356 e. The van der Waals surface area contributed by atoms with E-state index < -0.39 is 5.97 Å². The van der Waals surface area contributed by atoms with Crippen LogP contribution in [0.2, 0.25) is 0 Å².